The number of fused-ring (bicyclic) bond motifs is 11. The largest absolute Gasteiger partial charge is 0.343 e. The predicted octanol–water partition coefficient (Wildman–Crippen LogP) is 12.7. The fourth-order valence-electron chi connectivity index (χ4n) is 8.46. The van der Waals surface area contributed by atoms with Crippen LogP contribution in [-0.4, -0.2) is 27.8 Å². The van der Waals surface area contributed by atoms with Crippen molar-refractivity contribution in [1.29, 1.82) is 0 Å². The molecule has 53 heavy (non-hydrogen) atoms. The molecule has 0 bridgehead atoms. The first-order chi connectivity index (χ1) is 26.1. The molecular formula is C44H32N6S3. The molecule has 6 nitrogen and oxygen atoms in total. The maximum atomic E-state index is 5.75. The summed E-state index contributed by atoms with van der Waals surface area (Å²) in [6.07, 6.45) is 6.34. The standard InChI is InChI=1S/C44H32N6S3/c1-5-7-14-24-23(6-2)37-38(26-16-9-8-15-25(24)26)46-40-36(34-22-32-44(52-34)28-18-11-13-20-30(28)50(32)4)42-41(47-53-48-42)35(39(40)45-37)33-21-31-43(51-33)27-17-10-12-19-29(27)49(31)3/h7-22H,5-6H2,1-4H3/b14-7-. The SMILES string of the molecule is CC/C=C\c1c(CC)c2nc3c(-c4cc5c(s4)c4ccccc4n5C)c4nsnc4c(-c4cc5c(s4)c4ccccc4n5C)c3nc2c2ccccc12. The summed E-state index contributed by atoms with van der Waals surface area (Å²) in [6.45, 7) is 4.42. The van der Waals surface area contributed by atoms with Gasteiger partial charge in [-0.1, -0.05) is 86.7 Å². The zero-order valence-corrected chi connectivity index (χ0v) is 32.0. The molecule has 0 aliphatic heterocycles. The maximum Gasteiger partial charge on any atom is 0.116 e. The molecule has 0 atom stereocenters. The summed E-state index contributed by atoms with van der Waals surface area (Å²) in [7, 11) is 4.31. The average molecular weight is 741 g/mol. The summed E-state index contributed by atoms with van der Waals surface area (Å²) in [5, 5.41) is 4.84. The van der Waals surface area contributed by atoms with Gasteiger partial charge >= 0.3 is 0 Å². The topological polar surface area (TPSA) is 61.4 Å². The molecule has 6 heterocycles. The Labute approximate surface area is 316 Å². The van der Waals surface area contributed by atoms with E-state index in [0.717, 1.165) is 72.2 Å². The first-order valence-electron chi connectivity index (χ1n) is 18.0. The van der Waals surface area contributed by atoms with Gasteiger partial charge in [-0.25, -0.2) is 9.97 Å². The number of allylic oxidation sites excluding steroid dienone is 1. The lowest BCUT2D eigenvalue weighted by atomic mass is 9.93. The zero-order valence-electron chi connectivity index (χ0n) is 29.6. The van der Waals surface area contributed by atoms with Gasteiger partial charge in [0.25, 0.3) is 0 Å². The molecule has 0 aliphatic rings. The van der Waals surface area contributed by atoms with Crippen molar-refractivity contribution in [2.45, 2.75) is 26.7 Å². The molecule has 6 aromatic heterocycles. The molecule has 256 valence electrons. The van der Waals surface area contributed by atoms with Crippen LogP contribution < -0.4 is 0 Å². The molecule has 5 aromatic carbocycles. The molecule has 0 N–H and O–H groups in total. The second-order valence-electron chi connectivity index (χ2n) is 13.7. The van der Waals surface area contributed by atoms with Crippen LogP contribution in [0.3, 0.4) is 0 Å². The van der Waals surface area contributed by atoms with E-state index in [0.29, 0.717) is 0 Å². The van der Waals surface area contributed by atoms with Crippen LogP contribution >= 0.6 is 34.4 Å². The highest BCUT2D eigenvalue weighted by molar-refractivity contribution is 7.24. The van der Waals surface area contributed by atoms with E-state index in [-0.39, 0.29) is 0 Å². The van der Waals surface area contributed by atoms with E-state index in [9.17, 15) is 0 Å². The molecule has 11 rings (SSSR count). The minimum Gasteiger partial charge on any atom is -0.343 e. The van der Waals surface area contributed by atoms with E-state index in [1.807, 2.05) is 22.7 Å². The number of nitrogens with zero attached hydrogens (tertiary/aromatic N) is 6. The highest BCUT2D eigenvalue weighted by Gasteiger charge is 2.27. The molecular weight excluding hydrogens is 709 g/mol. The van der Waals surface area contributed by atoms with Crippen LogP contribution in [0, 0.1) is 0 Å². The van der Waals surface area contributed by atoms with Gasteiger partial charge in [-0.2, -0.15) is 8.75 Å². The lowest BCUT2D eigenvalue weighted by molar-refractivity contribution is 1.02. The Bertz CT molecular complexity index is 3350. The normalized spacial score (nSPS) is 12.6. The Morgan fingerprint density at radius 1 is 0.566 bits per heavy atom. The third-order valence-electron chi connectivity index (χ3n) is 10.9. The fraction of sp³-hybridized carbons (Fsp3) is 0.136. The lowest BCUT2D eigenvalue weighted by Gasteiger charge is -2.16. The fourth-order valence-corrected chi connectivity index (χ4v) is 11.6. The summed E-state index contributed by atoms with van der Waals surface area (Å²) >= 11 is 4.89. The van der Waals surface area contributed by atoms with Crippen molar-refractivity contribution in [3.8, 4) is 20.9 Å². The van der Waals surface area contributed by atoms with Crippen molar-refractivity contribution in [2.75, 3.05) is 0 Å². The van der Waals surface area contributed by atoms with Gasteiger partial charge in [-0.3, -0.25) is 0 Å². The molecule has 9 heteroatoms. The van der Waals surface area contributed by atoms with Gasteiger partial charge in [-0.15, -0.1) is 22.7 Å². The predicted molar refractivity (Wildman–Crippen MR) is 229 cm³/mol. The van der Waals surface area contributed by atoms with Gasteiger partial charge in [0, 0.05) is 62.2 Å². The lowest BCUT2D eigenvalue weighted by Crippen LogP contribution is -2.00. The van der Waals surface area contributed by atoms with Crippen LogP contribution in [0.1, 0.15) is 31.4 Å². The molecule has 0 aliphatic carbocycles. The summed E-state index contributed by atoms with van der Waals surface area (Å²) < 4.78 is 17.2. The van der Waals surface area contributed by atoms with E-state index in [2.05, 4.69) is 134 Å². The number of hydrogen-bond acceptors (Lipinski definition) is 7. The Morgan fingerprint density at radius 2 is 1.08 bits per heavy atom. The van der Waals surface area contributed by atoms with Crippen molar-refractivity contribution in [2.24, 2.45) is 14.1 Å². The highest BCUT2D eigenvalue weighted by Crippen LogP contribution is 2.50. The van der Waals surface area contributed by atoms with Crippen molar-refractivity contribution >= 4 is 127 Å². The van der Waals surface area contributed by atoms with Gasteiger partial charge in [0.2, 0.25) is 0 Å². The van der Waals surface area contributed by atoms with Crippen molar-refractivity contribution < 1.29 is 0 Å². The van der Waals surface area contributed by atoms with E-state index >= 15 is 0 Å². The summed E-state index contributed by atoms with van der Waals surface area (Å²) in [5.74, 6) is 0. The van der Waals surface area contributed by atoms with Crippen LogP contribution in [0.15, 0.2) is 91.0 Å². The summed E-state index contributed by atoms with van der Waals surface area (Å²) in [6, 6.07) is 30.6. The number of aromatic nitrogens is 6. The molecule has 0 spiro atoms. The summed E-state index contributed by atoms with van der Waals surface area (Å²) in [5.41, 5.74) is 14.7. The third-order valence-corrected chi connectivity index (χ3v) is 13.8. The monoisotopic (exact) mass is 740 g/mol. The first kappa shape index (κ1) is 31.1. The van der Waals surface area contributed by atoms with Crippen molar-refractivity contribution in [3.63, 3.8) is 0 Å². The van der Waals surface area contributed by atoms with Crippen LogP contribution in [0.4, 0.5) is 0 Å². The van der Waals surface area contributed by atoms with Crippen molar-refractivity contribution in [1.82, 2.24) is 27.8 Å². The summed E-state index contributed by atoms with van der Waals surface area (Å²) in [4.78, 5) is 13.7. The number of aryl methyl sites for hydroxylation is 3. The molecule has 0 amide bonds. The molecule has 0 unspecified atom stereocenters. The Balaban J connectivity index is 1.32. The number of thiophene rings is 2. The Morgan fingerprint density at radius 3 is 1.62 bits per heavy atom. The number of rotatable bonds is 5. The minimum atomic E-state index is 0.839. The van der Waals surface area contributed by atoms with Gasteiger partial charge in [0.1, 0.15) is 22.1 Å². The minimum absolute atomic E-state index is 0.839. The van der Waals surface area contributed by atoms with Gasteiger partial charge in [0.15, 0.2) is 0 Å². The smallest absolute Gasteiger partial charge is 0.116 e. The molecule has 0 saturated heterocycles. The average Bonchev–Trinajstić information content (AvgIpc) is 4.03. The quantitative estimate of drug-likeness (QED) is 0.130. The zero-order chi connectivity index (χ0) is 35.5. The molecule has 0 saturated carbocycles. The number of benzene rings is 5. The third kappa shape index (κ3) is 4.24. The second-order valence-corrected chi connectivity index (χ2v) is 16.4. The van der Waals surface area contributed by atoms with Gasteiger partial charge in [-0.05, 0) is 53.6 Å². The Hall–Kier alpha value is -5.48. The second kappa shape index (κ2) is 11.5. The van der Waals surface area contributed by atoms with Gasteiger partial charge < -0.3 is 9.13 Å². The number of hydrogen-bond donors (Lipinski definition) is 0. The van der Waals surface area contributed by atoms with E-state index < -0.39 is 0 Å². The highest BCUT2D eigenvalue weighted by atomic mass is 32.1. The molecule has 0 radical (unpaired) electrons. The molecule has 0 fully saturated rings. The van der Waals surface area contributed by atoms with Crippen molar-refractivity contribution in [3.05, 3.63) is 102 Å². The maximum absolute atomic E-state index is 5.75. The molecule has 11 aromatic rings. The van der Waals surface area contributed by atoms with E-state index in [4.69, 9.17) is 18.7 Å². The first-order valence-corrected chi connectivity index (χ1v) is 20.4. The van der Waals surface area contributed by atoms with Crippen LogP contribution in [0.25, 0.3) is 113 Å². The van der Waals surface area contributed by atoms with E-state index in [1.54, 1.807) is 0 Å². The Kier molecular flexibility index (Phi) is 6.75. The number of para-hydroxylation sites is 2. The van der Waals surface area contributed by atoms with Gasteiger partial charge in [0.05, 0.1) is 43.2 Å². The van der Waals surface area contributed by atoms with E-state index in [1.165, 1.54) is 70.5 Å². The van der Waals surface area contributed by atoms with Crippen LogP contribution in [0.2, 0.25) is 0 Å². The van der Waals surface area contributed by atoms with Crippen LogP contribution in [-0.2, 0) is 20.5 Å². The van der Waals surface area contributed by atoms with Crippen LogP contribution in [0.5, 0.6) is 0 Å².